The third-order valence-corrected chi connectivity index (χ3v) is 5.80. The van der Waals surface area contributed by atoms with Crippen LogP contribution in [-0.4, -0.2) is 34.0 Å². The van der Waals surface area contributed by atoms with Crippen LogP contribution in [0.2, 0.25) is 0 Å². The highest BCUT2D eigenvalue weighted by Gasteiger charge is 2.27. The van der Waals surface area contributed by atoms with E-state index in [0.717, 1.165) is 47.9 Å². The van der Waals surface area contributed by atoms with Crippen molar-refractivity contribution in [1.82, 2.24) is 14.5 Å². The van der Waals surface area contributed by atoms with E-state index in [9.17, 15) is 4.79 Å². The maximum absolute atomic E-state index is 13.4. The van der Waals surface area contributed by atoms with Crippen molar-refractivity contribution < 1.29 is 4.79 Å². The van der Waals surface area contributed by atoms with E-state index in [0.29, 0.717) is 6.54 Å². The van der Waals surface area contributed by atoms with Crippen LogP contribution in [0.3, 0.4) is 0 Å². The molecule has 0 saturated carbocycles. The Balaban J connectivity index is 1.86. The smallest absolute Gasteiger partial charge is 0.270 e. The summed E-state index contributed by atoms with van der Waals surface area (Å²) in [5.41, 5.74) is 5.25. The molecule has 1 aliphatic rings. The van der Waals surface area contributed by atoms with Gasteiger partial charge in [-0.1, -0.05) is 48.5 Å². The van der Waals surface area contributed by atoms with Gasteiger partial charge in [0.15, 0.2) is 0 Å². The summed E-state index contributed by atoms with van der Waals surface area (Å²) in [5, 5.41) is 2.27. The van der Waals surface area contributed by atoms with Crippen LogP contribution in [0.15, 0.2) is 60.8 Å². The van der Waals surface area contributed by atoms with Gasteiger partial charge in [-0.2, -0.15) is 0 Å². The summed E-state index contributed by atoms with van der Waals surface area (Å²) in [6.45, 7) is 1.48. The van der Waals surface area contributed by atoms with E-state index in [-0.39, 0.29) is 5.91 Å². The third kappa shape index (κ3) is 2.68. The molecule has 4 aromatic rings. The summed E-state index contributed by atoms with van der Waals surface area (Å²) in [6, 6.07) is 18.7. The fraction of sp³-hybridized carbons (Fsp3) is 0.250. The predicted molar refractivity (Wildman–Crippen MR) is 113 cm³/mol. The Bertz CT molecular complexity index is 1180. The van der Waals surface area contributed by atoms with Crippen molar-refractivity contribution in [3.05, 3.63) is 77.6 Å². The summed E-state index contributed by atoms with van der Waals surface area (Å²) in [6.07, 6.45) is 4.91. The lowest BCUT2D eigenvalue weighted by molar-refractivity contribution is 0.0778. The molecule has 0 saturated heterocycles. The quantitative estimate of drug-likeness (QED) is 0.516. The normalized spacial score (nSPS) is 14.9. The average molecular weight is 369 g/mol. The third-order valence-electron chi connectivity index (χ3n) is 5.80. The molecule has 1 aliphatic heterocycles. The number of aryl methyl sites for hydroxylation is 1. The van der Waals surface area contributed by atoms with Gasteiger partial charge < -0.3 is 9.47 Å². The first-order valence-electron chi connectivity index (χ1n) is 9.92. The lowest BCUT2D eigenvalue weighted by Crippen LogP contribution is -2.32. The highest BCUT2D eigenvalue weighted by Crippen LogP contribution is 2.34. The predicted octanol–water partition coefficient (Wildman–Crippen LogP) is 4.65. The standard InChI is InChI=1S/C24H23N3O/c1-26-15-6-5-11-19-20-13-12-18-10-7-14-25-21(18)22(20)27(23(19)24(26)28)16-17-8-3-2-4-9-17/h2-4,7-10,12-14H,5-6,11,15-16H2,1H3. The van der Waals surface area contributed by atoms with Crippen LogP contribution < -0.4 is 0 Å². The SMILES string of the molecule is CN1CCCCc2c(n(Cc3ccccc3)c3c2ccc2cccnc23)C1=O. The van der Waals surface area contributed by atoms with E-state index in [1.807, 2.05) is 30.3 Å². The van der Waals surface area contributed by atoms with E-state index >= 15 is 0 Å². The number of rotatable bonds is 2. The van der Waals surface area contributed by atoms with Gasteiger partial charge in [-0.15, -0.1) is 0 Å². The molecule has 28 heavy (non-hydrogen) atoms. The Hall–Kier alpha value is -3.14. The lowest BCUT2D eigenvalue weighted by atomic mass is 10.0. The van der Waals surface area contributed by atoms with E-state index in [1.54, 1.807) is 0 Å². The Morgan fingerprint density at radius 1 is 1.00 bits per heavy atom. The van der Waals surface area contributed by atoms with Crippen LogP contribution in [0, 0.1) is 0 Å². The largest absolute Gasteiger partial charge is 0.340 e. The Kier molecular flexibility index (Phi) is 4.12. The topological polar surface area (TPSA) is 38.1 Å². The first-order valence-corrected chi connectivity index (χ1v) is 9.92. The van der Waals surface area contributed by atoms with E-state index in [1.165, 1.54) is 16.5 Å². The number of pyridine rings is 1. The van der Waals surface area contributed by atoms with Gasteiger partial charge in [0.1, 0.15) is 5.69 Å². The maximum Gasteiger partial charge on any atom is 0.270 e. The van der Waals surface area contributed by atoms with Crippen molar-refractivity contribution in [3.63, 3.8) is 0 Å². The highest BCUT2D eigenvalue weighted by atomic mass is 16.2. The van der Waals surface area contributed by atoms with Crippen molar-refractivity contribution in [2.45, 2.75) is 25.8 Å². The fourth-order valence-electron chi connectivity index (χ4n) is 4.40. The van der Waals surface area contributed by atoms with Crippen LogP contribution in [0.5, 0.6) is 0 Å². The second-order valence-electron chi connectivity index (χ2n) is 7.62. The number of aromatic nitrogens is 2. The summed E-state index contributed by atoms with van der Waals surface area (Å²) < 4.78 is 2.21. The molecule has 4 heteroatoms. The van der Waals surface area contributed by atoms with Crippen molar-refractivity contribution in [3.8, 4) is 0 Å². The fourth-order valence-corrected chi connectivity index (χ4v) is 4.40. The summed E-state index contributed by atoms with van der Waals surface area (Å²) >= 11 is 0. The first-order chi connectivity index (χ1) is 13.7. The molecule has 3 heterocycles. The summed E-state index contributed by atoms with van der Waals surface area (Å²) in [7, 11) is 1.91. The number of nitrogens with zero attached hydrogens (tertiary/aromatic N) is 3. The van der Waals surface area contributed by atoms with Gasteiger partial charge in [-0.05, 0) is 36.5 Å². The molecule has 0 atom stereocenters. The molecule has 5 rings (SSSR count). The van der Waals surface area contributed by atoms with Crippen LogP contribution in [0.4, 0.5) is 0 Å². The van der Waals surface area contributed by atoms with Crippen molar-refractivity contribution in [2.75, 3.05) is 13.6 Å². The Morgan fingerprint density at radius 2 is 1.86 bits per heavy atom. The van der Waals surface area contributed by atoms with Gasteiger partial charge in [0.2, 0.25) is 0 Å². The van der Waals surface area contributed by atoms with Crippen molar-refractivity contribution >= 4 is 27.7 Å². The maximum atomic E-state index is 13.4. The van der Waals surface area contributed by atoms with Crippen molar-refractivity contribution in [2.24, 2.45) is 0 Å². The number of amides is 1. The molecular weight excluding hydrogens is 346 g/mol. The van der Waals surface area contributed by atoms with E-state index in [2.05, 4.69) is 47.0 Å². The number of benzene rings is 2. The van der Waals surface area contributed by atoms with Gasteiger partial charge in [0.05, 0.1) is 11.0 Å². The Labute approximate surface area is 164 Å². The second-order valence-corrected chi connectivity index (χ2v) is 7.62. The van der Waals surface area contributed by atoms with Crippen LogP contribution in [0.25, 0.3) is 21.8 Å². The molecule has 140 valence electrons. The van der Waals surface area contributed by atoms with Gasteiger partial charge in [0, 0.05) is 37.1 Å². The number of hydrogen-bond donors (Lipinski definition) is 0. The van der Waals surface area contributed by atoms with Gasteiger partial charge in [-0.25, -0.2) is 0 Å². The summed E-state index contributed by atoms with van der Waals surface area (Å²) in [4.78, 5) is 20.0. The minimum atomic E-state index is 0.117. The van der Waals surface area contributed by atoms with Gasteiger partial charge >= 0.3 is 0 Å². The molecule has 2 aromatic heterocycles. The molecule has 1 amide bonds. The van der Waals surface area contributed by atoms with Gasteiger partial charge in [-0.3, -0.25) is 9.78 Å². The molecule has 4 nitrogen and oxygen atoms in total. The molecule has 2 aromatic carbocycles. The zero-order valence-electron chi connectivity index (χ0n) is 16.1. The summed E-state index contributed by atoms with van der Waals surface area (Å²) in [5.74, 6) is 0.117. The first kappa shape index (κ1) is 17.0. The molecule has 0 radical (unpaired) electrons. The minimum Gasteiger partial charge on any atom is -0.340 e. The monoisotopic (exact) mass is 369 g/mol. The molecule has 0 unspecified atom stereocenters. The molecule has 0 aliphatic carbocycles. The van der Waals surface area contributed by atoms with Crippen LogP contribution in [-0.2, 0) is 13.0 Å². The number of carbonyl (C=O) groups excluding carboxylic acids is 1. The Morgan fingerprint density at radius 3 is 2.71 bits per heavy atom. The zero-order valence-corrected chi connectivity index (χ0v) is 16.1. The molecule has 0 fully saturated rings. The van der Waals surface area contributed by atoms with Gasteiger partial charge in [0.25, 0.3) is 5.91 Å². The highest BCUT2D eigenvalue weighted by molar-refractivity contribution is 6.10. The van der Waals surface area contributed by atoms with Crippen LogP contribution >= 0.6 is 0 Å². The number of fused-ring (bicyclic) bond motifs is 5. The number of carbonyl (C=O) groups is 1. The lowest BCUT2D eigenvalue weighted by Gasteiger charge is -2.22. The minimum absolute atomic E-state index is 0.117. The molecule has 0 N–H and O–H groups in total. The average Bonchev–Trinajstić information content (AvgIpc) is 3.03. The number of hydrogen-bond acceptors (Lipinski definition) is 2. The molecular formula is C24H23N3O. The molecule has 0 bridgehead atoms. The van der Waals surface area contributed by atoms with Crippen molar-refractivity contribution in [1.29, 1.82) is 0 Å². The van der Waals surface area contributed by atoms with Crippen LogP contribution in [0.1, 0.15) is 34.5 Å². The van der Waals surface area contributed by atoms with E-state index < -0.39 is 0 Å². The zero-order chi connectivity index (χ0) is 19.1. The van der Waals surface area contributed by atoms with E-state index in [4.69, 9.17) is 4.98 Å². The molecule has 0 spiro atoms. The second kappa shape index (κ2) is 6.79.